The fraction of sp³-hybridized carbons (Fsp3) is 0.222. The maximum atomic E-state index is 13.1. The maximum absolute atomic E-state index is 13.1. The minimum Gasteiger partial charge on any atom is -0.370 e. The molecule has 0 heterocycles. The van der Waals surface area contributed by atoms with Crippen LogP contribution in [-0.2, 0) is 0 Å². The highest BCUT2D eigenvalue weighted by Crippen LogP contribution is 2.17. The van der Waals surface area contributed by atoms with Crippen molar-refractivity contribution in [2.75, 3.05) is 11.9 Å². The molecule has 3 N–H and O–H groups in total. The number of nitrogens with zero attached hydrogens (tertiary/aromatic N) is 1. The summed E-state index contributed by atoms with van der Waals surface area (Å²) in [4.78, 5) is 3.71. The Morgan fingerprint density at radius 2 is 1.87 bits per heavy atom. The summed E-state index contributed by atoms with van der Waals surface area (Å²) in [7, 11) is 0. The van der Waals surface area contributed by atoms with E-state index >= 15 is 0 Å². The summed E-state index contributed by atoms with van der Waals surface area (Å²) in [6.45, 7) is 2.14. The fourth-order valence-corrected chi connectivity index (χ4v) is 0.966. The van der Waals surface area contributed by atoms with Crippen LogP contribution in [0.25, 0.3) is 0 Å². The standard InChI is InChI=1S/C9H10F3N3/c1-2-14-9(13)15-8-4-6(11)5(10)3-7(8)12/h3-4H,2H2,1H3,(H3,13,14,15). The largest absolute Gasteiger partial charge is 0.370 e. The van der Waals surface area contributed by atoms with Gasteiger partial charge in [0.2, 0.25) is 0 Å². The van der Waals surface area contributed by atoms with Crippen LogP contribution in [0.1, 0.15) is 6.92 Å². The van der Waals surface area contributed by atoms with Gasteiger partial charge in [0.25, 0.3) is 0 Å². The van der Waals surface area contributed by atoms with Crippen molar-refractivity contribution in [3.8, 4) is 0 Å². The lowest BCUT2D eigenvalue weighted by Gasteiger charge is -2.06. The molecule has 0 saturated carbocycles. The highest BCUT2D eigenvalue weighted by atomic mass is 19.2. The summed E-state index contributed by atoms with van der Waals surface area (Å²) in [5.41, 5.74) is 5.08. The summed E-state index contributed by atoms with van der Waals surface area (Å²) in [5, 5.41) is 2.33. The quantitative estimate of drug-likeness (QED) is 0.451. The molecule has 0 aromatic heterocycles. The van der Waals surface area contributed by atoms with Crippen molar-refractivity contribution in [2.24, 2.45) is 10.7 Å². The number of hydrogen-bond donors (Lipinski definition) is 2. The molecule has 0 amide bonds. The number of anilines is 1. The molecule has 1 rings (SSSR count). The number of halogens is 3. The van der Waals surface area contributed by atoms with Crippen LogP contribution < -0.4 is 11.1 Å². The van der Waals surface area contributed by atoms with E-state index in [1.165, 1.54) is 0 Å². The number of benzene rings is 1. The van der Waals surface area contributed by atoms with Crippen LogP contribution in [0.2, 0.25) is 0 Å². The third-order valence-corrected chi connectivity index (χ3v) is 1.60. The second-order valence-electron chi connectivity index (χ2n) is 2.73. The third-order valence-electron chi connectivity index (χ3n) is 1.60. The lowest BCUT2D eigenvalue weighted by molar-refractivity contribution is 0.496. The number of hydrogen-bond acceptors (Lipinski definition) is 1. The van der Waals surface area contributed by atoms with Gasteiger partial charge in [-0.05, 0) is 6.92 Å². The average Bonchev–Trinajstić information content (AvgIpc) is 2.14. The molecule has 15 heavy (non-hydrogen) atoms. The van der Waals surface area contributed by atoms with Crippen molar-refractivity contribution in [1.82, 2.24) is 0 Å². The molecule has 0 unspecified atom stereocenters. The van der Waals surface area contributed by atoms with E-state index in [2.05, 4.69) is 10.3 Å². The van der Waals surface area contributed by atoms with Gasteiger partial charge in [0.15, 0.2) is 17.6 Å². The Hall–Kier alpha value is -1.72. The van der Waals surface area contributed by atoms with Gasteiger partial charge in [-0.15, -0.1) is 0 Å². The summed E-state index contributed by atoms with van der Waals surface area (Å²) in [6, 6.07) is 1.12. The smallest absolute Gasteiger partial charge is 0.193 e. The van der Waals surface area contributed by atoms with E-state index in [9.17, 15) is 13.2 Å². The van der Waals surface area contributed by atoms with Crippen LogP contribution in [0.3, 0.4) is 0 Å². The van der Waals surface area contributed by atoms with Crippen molar-refractivity contribution < 1.29 is 13.2 Å². The number of aliphatic imine (C=N–C) groups is 1. The van der Waals surface area contributed by atoms with Crippen LogP contribution in [0.5, 0.6) is 0 Å². The first-order valence-corrected chi connectivity index (χ1v) is 4.26. The molecular formula is C9H10F3N3. The Labute approximate surface area is 84.8 Å². The normalized spacial score (nSPS) is 11.6. The van der Waals surface area contributed by atoms with Crippen LogP contribution in [-0.4, -0.2) is 12.5 Å². The average molecular weight is 217 g/mol. The van der Waals surface area contributed by atoms with E-state index in [1.807, 2.05) is 0 Å². The molecule has 82 valence electrons. The molecule has 0 radical (unpaired) electrons. The van der Waals surface area contributed by atoms with Gasteiger partial charge in [-0.3, -0.25) is 4.99 Å². The maximum Gasteiger partial charge on any atom is 0.193 e. The van der Waals surface area contributed by atoms with Gasteiger partial charge in [0.05, 0.1) is 5.69 Å². The Morgan fingerprint density at radius 3 is 2.47 bits per heavy atom. The van der Waals surface area contributed by atoms with E-state index in [-0.39, 0.29) is 11.6 Å². The number of guanidine groups is 1. The molecule has 0 aliphatic carbocycles. The van der Waals surface area contributed by atoms with Gasteiger partial charge < -0.3 is 11.1 Å². The van der Waals surface area contributed by atoms with Crippen LogP contribution in [0.15, 0.2) is 17.1 Å². The third kappa shape index (κ3) is 2.87. The summed E-state index contributed by atoms with van der Waals surface area (Å²) >= 11 is 0. The van der Waals surface area contributed by atoms with Gasteiger partial charge in [-0.1, -0.05) is 0 Å². The fourth-order valence-electron chi connectivity index (χ4n) is 0.966. The molecule has 0 saturated heterocycles. The molecule has 6 heteroatoms. The number of nitrogens with one attached hydrogen (secondary N) is 1. The summed E-state index contributed by atoms with van der Waals surface area (Å²) in [5.74, 6) is -3.38. The van der Waals surface area contributed by atoms with E-state index in [0.29, 0.717) is 18.7 Å². The molecule has 0 atom stereocenters. The van der Waals surface area contributed by atoms with Gasteiger partial charge >= 0.3 is 0 Å². The monoisotopic (exact) mass is 217 g/mol. The molecule has 0 bridgehead atoms. The Bertz CT molecular complexity index is 390. The first kappa shape index (κ1) is 11.4. The highest BCUT2D eigenvalue weighted by molar-refractivity contribution is 5.92. The second-order valence-corrected chi connectivity index (χ2v) is 2.73. The molecule has 0 fully saturated rings. The molecule has 1 aromatic rings. The van der Waals surface area contributed by atoms with Crippen LogP contribution in [0, 0.1) is 17.5 Å². The van der Waals surface area contributed by atoms with Crippen molar-refractivity contribution in [3.63, 3.8) is 0 Å². The van der Waals surface area contributed by atoms with E-state index in [4.69, 9.17) is 5.73 Å². The van der Waals surface area contributed by atoms with E-state index in [1.54, 1.807) is 6.92 Å². The molecule has 3 nitrogen and oxygen atoms in total. The first-order chi connectivity index (χ1) is 7.04. The topological polar surface area (TPSA) is 50.4 Å². The van der Waals surface area contributed by atoms with Crippen molar-refractivity contribution >= 4 is 11.6 Å². The number of nitrogens with two attached hydrogens (primary N) is 1. The minimum atomic E-state index is -1.25. The Kier molecular flexibility index (Phi) is 3.54. The molecule has 0 aliphatic heterocycles. The zero-order chi connectivity index (χ0) is 11.4. The van der Waals surface area contributed by atoms with Gasteiger partial charge in [0, 0.05) is 18.7 Å². The Balaban J connectivity index is 2.95. The van der Waals surface area contributed by atoms with Crippen molar-refractivity contribution in [1.29, 1.82) is 0 Å². The second kappa shape index (κ2) is 4.68. The van der Waals surface area contributed by atoms with Crippen molar-refractivity contribution in [2.45, 2.75) is 6.92 Å². The van der Waals surface area contributed by atoms with Crippen molar-refractivity contribution in [3.05, 3.63) is 29.6 Å². The van der Waals surface area contributed by atoms with Crippen LogP contribution in [0.4, 0.5) is 18.9 Å². The van der Waals surface area contributed by atoms with Gasteiger partial charge in [0.1, 0.15) is 5.82 Å². The molecular weight excluding hydrogens is 207 g/mol. The van der Waals surface area contributed by atoms with E-state index < -0.39 is 17.5 Å². The van der Waals surface area contributed by atoms with Gasteiger partial charge in [-0.2, -0.15) is 0 Å². The van der Waals surface area contributed by atoms with Gasteiger partial charge in [-0.25, -0.2) is 13.2 Å². The molecule has 0 aliphatic rings. The zero-order valence-corrected chi connectivity index (χ0v) is 8.02. The van der Waals surface area contributed by atoms with Crippen LogP contribution >= 0.6 is 0 Å². The summed E-state index contributed by atoms with van der Waals surface area (Å²) < 4.78 is 38.3. The summed E-state index contributed by atoms with van der Waals surface area (Å²) in [6.07, 6.45) is 0. The highest BCUT2D eigenvalue weighted by Gasteiger charge is 2.09. The SMILES string of the molecule is CCN=C(N)Nc1cc(F)c(F)cc1F. The van der Waals surface area contributed by atoms with E-state index in [0.717, 1.165) is 0 Å². The molecule has 0 spiro atoms. The zero-order valence-electron chi connectivity index (χ0n) is 8.02. The lowest BCUT2D eigenvalue weighted by Crippen LogP contribution is -2.23. The lowest BCUT2D eigenvalue weighted by atomic mass is 10.3. The minimum absolute atomic E-state index is 0.0533. The molecule has 1 aromatic carbocycles. The number of rotatable bonds is 2. The predicted octanol–water partition coefficient (Wildman–Crippen LogP) is 1.85. The Morgan fingerprint density at radius 1 is 1.27 bits per heavy atom. The first-order valence-electron chi connectivity index (χ1n) is 4.26. The predicted molar refractivity (Wildman–Crippen MR) is 52.1 cm³/mol.